The molecule has 0 bridgehead atoms. The standard InChI is InChI=1S/C14H14N4O/c1-9-4-3-7-18-13(9)16-17-14(18)10-5-6-12(19-2)11(15)8-10/h3-8H,15H2,1-2H3. The SMILES string of the molecule is COc1ccc(-c2nnc3c(C)cccn23)cc1N. The summed E-state index contributed by atoms with van der Waals surface area (Å²) in [6.07, 6.45) is 1.94. The summed E-state index contributed by atoms with van der Waals surface area (Å²) < 4.78 is 7.11. The highest BCUT2D eigenvalue weighted by Crippen LogP contribution is 2.27. The lowest BCUT2D eigenvalue weighted by Gasteiger charge is -2.06. The third-order valence-electron chi connectivity index (χ3n) is 3.12. The number of nitrogen functional groups attached to an aromatic ring is 1. The molecule has 19 heavy (non-hydrogen) atoms. The fourth-order valence-corrected chi connectivity index (χ4v) is 2.12. The number of anilines is 1. The van der Waals surface area contributed by atoms with Gasteiger partial charge < -0.3 is 10.5 Å². The van der Waals surface area contributed by atoms with E-state index in [4.69, 9.17) is 10.5 Å². The Balaban J connectivity index is 2.19. The van der Waals surface area contributed by atoms with Crippen molar-refractivity contribution in [2.45, 2.75) is 6.92 Å². The van der Waals surface area contributed by atoms with Crippen molar-refractivity contribution in [3.8, 4) is 17.1 Å². The van der Waals surface area contributed by atoms with E-state index < -0.39 is 0 Å². The minimum atomic E-state index is 0.587. The Morgan fingerprint density at radius 1 is 1.21 bits per heavy atom. The maximum absolute atomic E-state index is 5.93. The molecule has 2 heterocycles. The predicted octanol–water partition coefficient (Wildman–Crippen LogP) is 2.30. The number of nitrogens with zero attached hydrogens (tertiary/aromatic N) is 3. The number of aryl methyl sites for hydroxylation is 1. The van der Waals surface area contributed by atoms with Crippen LogP contribution in [0.15, 0.2) is 36.5 Å². The summed E-state index contributed by atoms with van der Waals surface area (Å²) >= 11 is 0. The van der Waals surface area contributed by atoms with Crippen LogP contribution in [-0.4, -0.2) is 21.7 Å². The zero-order valence-corrected chi connectivity index (χ0v) is 10.8. The molecule has 1 aromatic carbocycles. The van der Waals surface area contributed by atoms with Gasteiger partial charge in [0.1, 0.15) is 5.75 Å². The van der Waals surface area contributed by atoms with E-state index in [0.717, 1.165) is 22.6 Å². The maximum atomic E-state index is 5.93. The Labute approximate surface area is 110 Å². The fraction of sp³-hybridized carbons (Fsp3) is 0.143. The van der Waals surface area contributed by atoms with Crippen molar-refractivity contribution in [3.05, 3.63) is 42.1 Å². The third kappa shape index (κ3) is 1.79. The molecule has 2 N–H and O–H groups in total. The van der Waals surface area contributed by atoms with Crippen LogP contribution in [0.25, 0.3) is 17.0 Å². The third-order valence-corrected chi connectivity index (χ3v) is 3.12. The Kier molecular flexibility index (Phi) is 2.59. The van der Waals surface area contributed by atoms with Crippen LogP contribution in [0.1, 0.15) is 5.56 Å². The van der Waals surface area contributed by atoms with E-state index in [2.05, 4.69) is 10.2 Å². The first-order chi connectivity index (χ1) is 9.20. The molecule has 0 saturated heterocycles. The molecule has 0 radical (unpaired) electrons. The predicted molar refractivity (Wildman–Crippen MR) is 74.1 cm³/mol. The van der Waals surface area contributed by atoms with Crippen molar-refractivity contribution < 1.29 is 4.74 Å². The normalized spacial score (nSPS) is 10.8. The topological polar surface area (TPSA) is 65.4 Å². The van der Waals surface area contributed by atoms with Gasteiger partial charge in [-0.3, -0.25) is 4.40 Å². The summed E-state index contributed by atoms with van der Waals surface area (Å²) in [5.41, 5.74) is 9.37. The van der Waals surface area contributed by atoms with Crippen LogP contribution >= 0.6 is 0 Å². The maximum Gasteiger partial charge on any atom is 0.168 e. The van der Waals surface area contributed by atoms with Crippen molar-refractivity contribution in [2.75, 3.05) is 12.8 Å². The van der Waals surface area contributed by atoms with Crippen LogP contribution in [0.5, 0.6) is 5.75 Å². The quantitative estimate of drug-likeness (QED) is 0.713. The molecule has 5 nitrogen and oxygen atoms in total. The lowest BCUT2D eigenvalue weighted by atomic mass is 10.1. The Morgan fingerprint density at radius 3 is 2.79 bits per heavy atom. The first kappa shape index (κ1) is 11.5. The molecule has 96 valence electrons. The van der Waals surface area contributed by atoms with Gasteiger partial charge in [0, 0.05) is 11.8 Å². The van der Waals surface area contributed by atoms with E-state index in [-0.39, 0.29) is 0 Å². The first-order valence-electron chi connectivity index (χ1n) is 5.95. The van der Waals surface area contributed by atoms with Crippen molar-refractivity contribution in [1.29, 1.82) is 0 Å². The van der Waals surface area contributed by atoms with Gasteiger partial charge in [-0.15, -0.1) is 10.2 Å². The van der Waals surface area contributed by atoms with Crippen molar-refractivity contribution >= 4 is 11.3 Å². The minimum absolute atomic E-state index is 0.587. The van der Waals surface area contributed by atoms with Crippen LogP contribution in [0.2, 0.25) is 0 Å². The summed E-state index contributed by atoms with van der Waals surface area (Å²) in [6, 6.07) is 9.59. The molecule has 0 atom stereocenters. The average molecular weight is 254 g/mol. The average Bonchev–Trinajstić information content (AvgIpc) is 2.84. The smallest absolute Gasteiger partial charge is 0.168 e. The second kappa shape index (κ2) is 4.28. The highest BCUT2D eigenvalue weighted by atomic mass is 16.5. The van der Waals surface area contributed by atoms with Crippen LogP contribution < -0.4 is 10.5 Å². The van der Waals surface area contributed by atoms with Gasteiger partial charge in [-0.2, -0.15) is 0 Å². The number of hydrogen-bond acceptors (Lipinski definition) is 4. The number of fused-ring (bicyclic) bond motifs is 1. The van der Waals surface area contributed by atoms with Crippen molar-refractivity contribution in [2.24, 2.45) is 0 Å². The van der Waals surface area contributed by atoms with E-state index in [0.29, 0.717) is 11.4 Å². The number of rotatable bonds is 2. The summed E-state index contributed by atoms with van der Waals surface area (Å²) in [4.78, 5) is 0. The zero-order valence-electron chi connectivity index (χ0n) is 10.8. The molecule has 5 heteroatoms. The second-order valence-electron chi connectivity index (χ2n) is 4.37. The van der Waals surface area contributed by atoms with E-state index in [9.17, 15) is 0 Å². The molecule has 0 spiro atoms. The molecule has 0 saturated carbocycles. The molecule has 2 aromatic heterocycles. The number of hydrogen-bond donors (Lipinski definition) is 1. The summed E-state index contributed by atoms with van der Waals surface area (Å²) in [7, 11) is 1.60. The molecule has 0 aliphatic carbocycles. The van der Waals surface area contributed by atoms with Crippen LogP contribution in [0, 0.1) is 6.92 Å². The lowest BCUT2D eigenvalue weighted by Crippen LogP contribution is -1.95. The molecular formula is C14H14N4O. The molecule has 3 aromatic rings. The minimum Gasteiger partial charge on any atom is -0.495 e. The van der Waals surface area contributed by atoms with Crippen LogP contribution in [0.3, 0.4) is 0 Å². The Bertz CT molecular complexity index is 748. The fourth-order valence-electron chi connectivity index (χ4n) is 2.12. The number of methoxy groups -OCH3 is 1. The van der Waals surface area contributed by atoms with E-state index in [1.165, 1.54) is 0 Å². The summed E-state index contributed by atoms with van der Waals surface area (Å²) in [5.74, 6) is 1.43. The largest absolute Gasteiger partial charge is 0.495 e. The Hall–Kier alpha value is -2.56. The monoisotopic (exact) mass is 254 g/mol. The number of aromatic nitrogens is 3. The molecule has 0 unspecified atom stereocenters. The molecular weight excluding hydrogens is 240 g/mol. The van der Waals surface area contributed by atoms with Gasteiger partial charge in [0.05, 0.1) is 12.8 Å². The number of nitrogens with two attached hydrogens (primary N) is 1. The number of ether oxygens (including phenoxy) is 1. The molecule has 0 fully saturated rings. The number of pyridine rings is 1. The Morgan fingerprint density at radius 2 is 2.05 bits per heavy atom. The van der Waals surface area contributed by atoms with Gasteiger partial charge in [-0.25, -0.2) is 0 Å². The molecule has 0 amide bonds. The van der Waals surface area contributed by atoms with Gasteiger partial charge in [0.2, 0.25) is 0 Å². The van der Waals surface area contributed by atoms with Crippen molar-refractivity contribution in [1.82, 2.24) is 14.6 Å². The first-order valence-corrected chi connectivity index (χ1v) is 5.95. The summed E-state index contributed by atoms with van der Waals surface area (Å²) in [6.45, 7) is 2.01. The van der Waals surface area contributed by atoms with Gasteiger partial charge in [-0.1, -0.05) is 6.07 Å². The molecule has 0 aliphatic rings. The number of benzene rings is 1. The second-order valence-corrected chi connectivity index (χ2v) is 4.37. The van der Waals surface area contributed by atoms with E-state index >= 15 is 0 Å². The highest BCUT2D eigenvalue weighted by molar-refractivity contribution is 5.68. The van der Waals surface area contributed by atoms with Gasteiger partial charge in [0.15, 0.2) is 11.5 Å². The lowest BCUT2D eigenvalue weighted by molar-refractivity contribution is 0.417. The summed E-state index contributed by atoms with van der Waals surface area (Å²) in [5, 5.41) is 8.45. The van der Waals surface area contributed by atoms with Crippen LogP contribution in [-0.2, 0) is 0 Å². The highest BCUT2D eigenvalue weighted by Gasteiger charge is 2.10. The van der Waals surface area contributed by atoms with Gasteiger partial charge in [-0.05, 0) is 36.8 Å². The van der Waals surface area contributed by atoms with E-state index in [1.54, 1.807) is 7.11 Å². The molecule has 3 rings (SSSR count). The van der Waals surface area contributed by atoms with Crippen molar-refractivity contribution in [3.63, 3.8) is 0 Å². The molecule has 0 aliphatic heterocycles. The van der Waals surface area contributed by atoms with E-state index in [1.807, 2.05) is 47.9 Å². The van der Waals surface area contributed by atoms with Gasteiger partial charge >= 0.3 is 0 Å². The van der Waals surface area contributed by atoms with Crippen LogP contribution in [0.4, 0.5) is 5.69 Å². The zero-order chi connectivity index (χ0) is 13.4. The van der Waals surface area contributed by atoms with Gasteiger partial charge in [0.25, 0.3) is 0 Å².